The summed E-state index contributed by atoms with van der Waals surface area (Å²) < 4.78 is 15.6. The molecule has 3 aliphatic rings. The van der Waals surface area contributed by atoms with Crippen molar-refractivity contribution in [2.24, 2.45) is 4.99 Å². The van der Waals surface area contributed by atoms with E-state index >= 15 is 0 Å². The van der Waals surface area contributed by atoms with E-state index < -0.39 is 6.10 Å². The Balaban J connectivity index is 1.79. The van der Waals surface area contributed by atoms with Crippen LogP contribution in [0.25, 0.3) is 18.2 Å². The van der Waals surface area contributed by atoms with Crippen molar-refractivity contribution < 1.29 is 33.4 Å². The summed E-state index contributed by atoms with van der Waals surface area (Å²) in [5, 5.41) is 4.48. The molecule has 246 valence electrons. The first-order valence-electron chi connectivity index (χ1n) is 15.5. The highest BCUT2D eigenvalue weighted by Crippen LogP contribution is 2.29. The fourth-order valence-electron chi connectivity index (χ4n) is 6.28. The second kappa shape index (κ2) is 13.8. The van der Waals surface area contributed by atoms with Gasteiger partial charge in [-0.2, -0.15) is 0 Å². The number of methoxy groups -OCH3 is 3. The van der Waals surface area contributed by atoms with E-state index in [0.717, 1.165) is 49.9 Å². The number of allylic oxidation sites excluding steroid dienone is 2. The van der Waals surface area contributed by atoms with Crippen LogP contribution in [0.4, 0.5) is 0 Å². The molecule has 3 N–H and O–H groups in total. The number of fused-ring (bicyclic) bond motifs is 6. The predicted molar refractivity (Wildman–Crippen MR) is 178 cm³/mol. The third kappa shape index (κ3) is 6.62. The van der Waals surface area contributed by atoms with E-state index in [9.17, 15) is 19.2 Å². The Morgan fingerprint density at radius 2 is 1.51 bits per heavy atom. The molecule has 1 atom stereocenters. The highest BCUT2D eigenvalue weighted by Gasteiger charge is 2.30. The van der Waals surface area contributed by atoms with E-state index in [2.05, 4.69) is 20.3 Å². The van der Waals surface area contributed by atoms with Crippen molar-refractivity contribution >= 4 is 47.7 Å². The Bertz CT molecular complexity index is 1960. The summed E-state index contributed by atoms with van der Waals surface area (Å²) in [6.45, 7) is 7.66. The van der Waals surface area contributed by atoms with Crippen LogP contribution in [-0.2, 0) is 46.2 Å². The lowest BCUT2D eigenvalue weighted by atomic mass is 9.99. The maximum atomic E-state index is 13.2. The van der Waals surface area contributed by atoms with E-state index in [-0.39, 0.29) is 36.6 Å². The molecule has 0 aliphatic carbocycles. The van der Waals surface area contributed by atoms with Gasteiger partial charge in [-0.05, 0) is 98.6 Å². The molecule has 2 aromatic rings. The van der Waals surface area contributed by atoms with Gasteiger partial charge in [-0.3, -0.25) is 19.2 Å². The molecule has 11 nitrogen and oxygen atoms in total. The number of nitrogens with one attached hydrogen (secondary N) is 3. The van der Waals surface area contributed by atoms with Gasteiger partial charge in [0.05, 0.1) is 31.6 Å². The smallest absolute Gasteiger partial charge is 0.305 e. The van der Waals surface area contributed by atoms with Crippen molar-refractivity contribution in [2.75, 3.05) is 21.3 Å². The van der Waals surface area contributed by atoms with Crippen LogP contribution < -0.4 is 16.0 Å². The second-order valence-corrected chi connectivity index (χ2v) is 11.8. The van der Waals surface area contributed by atoms with Crippen LogP contribution in [0.5, 0.6) is 0 Å². The lowest BCUT2D eigenvalue weighted by Crippen LogP contribution is -2.19. The fourth-order valence-corrected chi connectivity index (χ4v) is 6.28. The summed E-state index contributed by atoms with van der Waals surface area (Å²) >= 11 is 0. The summed E-state index contributed by atoms with van der Waals surface area (Å²) in [6.07, 6.45) is 10.3. The molecule has 2 aromatic heterocycles. The molecular weight excluding hydrogens is 600 g/mol. The molecule has 5 heterocycles. The average Bonchev–Trinajstić information content (AvgIpc) is 3.69. The van der Waals surface area contributed by atoms with Crippen molar-refractivity contribution in [3.63, 3.8) is 0 Å². The van der Waals surface area contributed by atoms with Crippen LogP contribution in [0.15, 0.2) is 45.1 Å². The van der Waals surface area contributed by atoms with Crippen LogP contribution in [-0.4, -0.2) is 66.9 Å². The predicted octanol–water partition coefficient (Wildman–Crippen LogP) is 2.84. The maximum absolute atomic E-state index is 13.2. The highest BCUT2D eigenvalue weighted by molar-refractivity contribution is 6.31. The normalized spacial score (nSPS) is 21.0. The number of rotatable bonds is 7. The minimum atomic E-state index is -0.553. The zero-order valence-electron chi connectivity index (χ0n) is 27.8. The summed E-state index contributed by atoms with van der Waals surface area (Å²) in [4.78, 5) is 62.0. The second-order valence-electron chi connectivity index (χ2n) is 11.8. The zero-order valence-corrected chi connectivity index (χ0v) is 27.8. The number of aromatic amines is 2. The number of aromatic nitrogens is 2. The Hall–Kier alpha value is -5.03. The van der Waals surface area contributed by atoms with Crippen molar-refractivity contribution in [1.82, 2.24) is 15.3 Å². The first-order chi connectivity index (χ1) is 22.5. The van der Waals surface area contributed by atoms with Gasteiger partial charge in [0.25, 0.3) is 11.8 Å². The molecule has 47 heavy (non-hydrogen) atoms. The number of amides is 2. The van der Waals surface area contributed by atoms with Gasteiger partial charge in [-0.15, -0.1) is 0 Å². The number of hydrogen-bond donors (Lipinski definition) is 3. The van der Waals surface area contributed by atoms with Crippen LogP contribution in [0.2, 0.25) is 0 Å². The van der Waals surface area contributed by atoms with Crippen molar-refractivity contribution in [3.8, 4) is 0 Å². The number of ether oxygens (including phenoxy) is 3. The molecule has 0 saturated heterocycles. The van der Waals surface area contributed by atoms with Crippen LogP contribution in [0.1, 0.15) is 66.8 Å². The molecular formula is C36H40N4O7. The van der Waals surface area contributed by atoms with E-state index in [1.54, 1.807) is 13.2 Å². The molecule has 5 rings (SSSR count). The molecule has 0 fully saturated rings. The number of hydrogen-bond acceptors (Lipinski definition) is 7. The van der Waals surface area contributed by atoms with Crippen LogP contribution in [0, 0.1) is 13.8 Å². The Kier molecular flexibility index (Phi) is 9.76. The molecule has 0 spiro atoms. The minimum Gasteiger partial charge on any atom is -0.469 e. The van der Waals surface area contributed by atoms with E-state index in [0.29, 0.717) is 47.4 Å². The summed E-state index contributed by atoms with van der Waals surface area (Å²) in [7, 11) is 4.28. The van der Waals surface area contributed by atoms with Gasteiger partial charge in [-0.25, -0.2) is 4.99 Å². The molecule has 11 heteroatoms. The summed E-state index contributed by atoms with van der Waals surface area (Å²) in [5.74, 6) is -1.25. The number of aliphatic imine (C=N–C) groups is 1. The number of H-pyrrole nitrogens is 2. The third-order valence-corrected chi connectivity index (χ3v) is 9.16. The van der Waals surface area contributed by atoms with Crippen molar-refractivity contribution in [1.29, 1.82) is 0 Å². The average molecular weight is 641 g/mol. The molecule has 0 saturated carbocycles. The van der Waals surface area contributed by atoms with Crippen LogP contribution >= 0.6 is 0 Å². The lowest BCUT2D eigenvalue weighted by Gasteiger charge is -2.14. The Morgan fingerprint density at radius 3 is 2.17 bits per heavy atom. The Labute approximate surface area is 272 Å². The maximum Gasteiger partial charge on any atom is 0.305 e. The number of nitrogens with zero attached hydrogens (tertiary/aromatic N) is 1. The fraction of sp³-hybridized carbons (Fsp3) is 0.361. The lowest BCUT2D eigenvalue weighted by molar-refractivity contribution is -0.141. The first kappa shape index (κ1) is 33.3. The van der Waals surface area contributed by atoms with Crippen LogP contribution in [0.3, 0.4) is 0 Å². The van der Waals surface area contributed by atoms with E-state index in [1.807, 2.05) is 52.0 Å². The quantitative estimate of drug-likeness (QED) is 0.394. The first-order valence-corrected chi connectivity index (χ1v) is 15.5. The third-order valence-electron chi connectivity index (χ3n) is 9.16. The molecule has 3 aliphatic heterocycles. The van der Waals surface area contributed by atoms with Crippen molar-refractivity contribution in [3.05, 3.63) is 84.5 Å². The number of carbonyl (C=O) groups excluding carboxylic acids is 4. The molecule has 2 amide bonds. The van der Waals surface area contributed by atoms with E-state index in [1.165, 1.54) is 14.2 Å². The van der Waals surface area contributed by atoms with Gasteiger partial charge in [0.2, 0.25) is 0 Å². The van der Waals surface area contributed by atoms with Gasteiger partial charge < -0.3 is 29.5 Å². The molecule has 1 unspecified atom stereocenters. The van der Waals surface area contributed by atoms with Crippen molar-refractivity contribution in [2.45, 2.75) is 65.9 Å². The molecule has 0 aromatic carbocycles. The van der Waals surface area contributed by atoms with Gasteiger partial charge in [0.15, 0.2) is 0 Å². The molecule has 0 radical (unpaired) electrons. The zero-order chi connectivity index (χ0) is 34.0. The Morgan fingerprint density at radius 1 is 0.830 bits per heavy atom. The monoisotopic (exact) mass is 640 g/mol. The summed E-state index contributed by atoms with van der Waals surface area (Å²) in [5.41, 5.74) is 8.83. The van der Waals surface area contributed by atoms with Gasteiger partial charge in [0, 0.05) is 53.3 Å². The topological polar surface area (TPSA) is 152 Å². The standard InChI is InChI=1S/C36H40N4O7/c1-18-22(11-13-32(41)46-6)29-17-30-23(12-14-33(42)47-7)19(2)26(38-30)16-28-21(4)34(36(44)40-28)31(45-5)10-8-9-24-20(3)27(39-35(24)43)15-25(18)37-29/h8-9,15-17,31,37-38H,10-14H2,1-7H3,(H,39,43)/b9-8-,26-16-,27-15-,30-17-. The summed E-state index contributed by atoms with van der Waals surface area (Å²) in [6, 6.07) is 0. The number of esters is 2. The highest BCUT2D eigenvalue weighted by atomic mass is 16.5. The minimum absolute atomic E-state index is 0.172. The molecule has 8 bridgehead atoms. The number of carbonyl (C=O) groups is 4. The van der Waals surface area contributed by atoms with E-state index in [4.69, 9.17) is 14.2 Å². The van der Waals surface area contributed by atoms with Gasteiger partial charge >= 0.3 is 11.9 Å². The SMILES string of the molecule is COC(=O)CCc1c2[nH]c(c1C)/C=C1\NC(=O)C(=C1C)/C=C\CC(OC)C1=C(C)C(=NC1=O)/C=c1\[nH]/c(c(CCC(=O)OC)c1C)=C\2. The van der Waals surface area contributed by atoms with Gasteiger partial charge in [0.1, 0.15) is 0 Å². The van der Waals surface area contributed by atoms with Gasteiger partial charge in [-0.1, -0.05) is 12.2 Å². The largest absolute Gasteiger partial charge is 0.469 e.